The van der Waals surface area contributed by atoms with Gasteiger partial charge in [0, 0.05) is 37.5 Å². The molecular formula is C19H25N3O. The lowest BCUT2D eigenvalue weighted by molar-refractivity contribution is -0.121. The molecule has 4 nitrogen and oxygen atoms in total. The Hall–Kier alpha value is -2.10. The standard InChI is InChI=1S/C19H25N3O/c23-18(15-16-7-4-5-8-16)20-11-6-13-22-14-12-21-19(22)17-9-2-1-3-10-17/h1-3,9-10,12,14,16H,4-8,11,13,15H2,(H,20,23). The molecule has 1 aromatic carbocycles. The van der Waals surface area contributed by atoms with Crippen LogP contribution in [0.25, 0.3) is 11.4 Å². The van der Waals surface area contributed by atoms with Gasteiger partial charge in [0.1, 0.15) is 5.82 Å². The van der Waals surface area contributed by atoms with E-state index in [0.717, 1.165) is 30.9 Å². The van der Waals surface area contributed by atoms with Crippen molar-refractivity contribution in [2.24, 2.45) is 5.92 Å². The van der Waals surface area contributed by atoms with E-state index in [9.17, 15) is 4.79 Å². The first-order valence-corrected chi connectivity index (χ1v) is 8.66. The monoisotopic (exact) mass is 311 g/mol. The van der Waals surface area contributed by atoms with Gasteiger partial charge >= 0.3 is 0 Å². The van der Waals surface area contributed by atoms with E-state index in [1.165, 1.54) is 25.7 Å². The van der Waals surface area contributed by atoms with Crippen LogP contribution in [-0.4, -0.2) is 22.0 Å². The van der Waals surface area contributed by atoms with Crippen LogP contribution in [0.5, 0.6) is 0 Å². The second-order valence-corrected chi connectivity index (χ2v) is 6.37. The Morgan fingerprint density at radius 3 is 2.78 bits per heavy atom. The Kier molecular flexibility index (Phi) is 5.46. The van der Waals surface area contributed by atoms with E-state index < -0.39 is 0 Å². The topological polar surface area (TPSA) is 46.9 Å². The Morgan fingerprint density at radius 1 is 1.22 bits per heavy atom. The quantitative estimate of drug-likeness (QED) is 0.794. The molecule has 1 aromatic heterocycles. The fraction of sp³-hybridized carbons (Fsp3) is 0.474. The van der Waals surface area contributed by atoms with E-state index in [4.69, 9.17) is 0 Å². The molecule has 1 heterocycles. The second-order valence-electron chi connectivity index (χ2n) is 6.37. The molecule has 0 unspecified atom stereocenters. The second kappa shape index (κ2) is 7.95. The number of hydrogen-bond donors (Lipinski definition) is 1. The lowest BCUT2D eigenvalue weighted by atomic mass is 10.0. The van der Waals surface area contributed by atoms with Gasteiger partial charge in [0.2, 0.25) is 5.91 Å². The average molecular weight is 311 g/mol. The van der Waals surface area contributed by atoms with Gasteiger partial charge in [-0.2, -0.15) is 0 Å². The van der Waals surface area contributed by atoms with Crippen molar-refractivity contribution in [2.75, 3.05) is 6.54 Å². The molecule has 1 fully saturated rings. The van der Waals surface area contributed by atoms with Gasteiger partial charge in [-0.25, -0.2) is 4.98 Å². The summed E-state index contributed by atoms with van der Waals surface area (Å²) < 4.78 is 2.15. The van der Waals surface area contributed by atoms with Crippen molar-refractivity contribution in [2.45, 2.75) is 45.1 Å². The first-order chi connectivity index (χ1) is 11.3. The van der Waals surface area contributed by atoms with E-state index in [1.54, 1.807) is 0 Å². The van der Waals surface area contributed by atoms with E-state index >= 15 is 0 Å². The summed E-state index contributed by atoms with van der Waals surface area (Å²) in [5.41, 5.74) is 1.13. The van der Waals surface area contributed by atoms with Gasteiger partial charge in [0.05, 0.1) is 0 Å². The molecule has 122 valence electrons. The molecule has 1 saturated carbocycles. The number of rotatable bonds is 7. The van der Waals surface area contributed by atoms with Crippen molar-refractivity contribution in [1.29, 1.82) is 0 Å². The minimum absolute atomic E-state index is 0.214. The van der Waals surface area contributed by atoms with Crippen LogP contribution in [0.4, 0.5) is 0 Å². The maximum absolute atomic E-state index is 11.9. The number of carbonyl (C=O) groups excluding carboxylic acids is 1. The molecule has 3 rings (SSSR count). The van der Waals surface area contributed by atoms with Crippen LogP contribution >= 0.6 is 0 Å². The van der Waals surface area contributed by atoms with Gasteiger partial charge in [-0.05, 0) is 25.2 Å². The van der Waals surface area contributed by atoms with Crippen LogP contribution in [0, 0.1) is 5.92 Å². The zero-order chi connectivity index (χ0) is 15.9. The van der Waals surface area contributed by atoms with E-state index in [2.05, 4.69) is 27.0 Å². The highest BCUT2D eigenvalue weighted by Gasteiger charge is 2.17. The molecule has 0 saturated heterocycles. The van der Waals surface area contributed by atoms with Gasteiger partial charge in [-0.3, -0.25) is 4.79 Å². The third-order valence-corrected chi connectivity index (χ3v) is 4.59. The minimum Gasteiger partial charge on any atom is -0.356 e. The Morgan fingerprint density at radius 2 is 2.00 bits per heavy atom. The van der Waals surface area contributed by atoms with Crippen LogP contribution < -0.4 is 5.32 Å². The molecular weight excluding hydrogens is 286 g/mol. The molecule has 1 N–H and O–H groups in total. The lowest BCUT2D eigenvalue weighted by Crippen LogP contribution is -2.26. The van der Waals surface area contributed by atoms with E-state index in [1.807, 2.05) is 30.6 Å². The third-order valence-electron chi connectivity index (χ3n) is 4.59. The molecule has 0 spiro atoms. The fourth-order valence-corrected chi connectivity index (χ4v) is 3.36. The van der Waals surface area contributed by atoms with Crippen molar-refractivity contribution in [3.05, 3.63) is 42.7 Å². The van der Waals surface area contributed by atoms with Gasteiger partial charge in [-0.1, -0.05) is 43.2 Å². The SMILES string of the molecule is O=C(CC1CCCC1)NCCCn1ccnc1-c1ccccc1. The van der Waals surface area contributed by atoms with Gasteiger partial charge in [-0.15, -0.1) is 0 Å². The normalized spacial score (nSPS) is 15.0. The third kappa shape index (κ3) is 4.44. The fourth-order valence-electron chi connectivity index (χ4n) is 3.36. The summed E-state index contributed by atoms with van der Waals surface area (Å²) in [6, 6.07) is 10.2. The zero-order valence-corrected chi connectivity index (χ0v) is 13.6. The Labute approximate surface area is 137 Å². The van der Waals surface area contributed by atoms with Crippen molar-refractivity contribution < 1.29 is 4.79 Å². The highest BCUT2D eigenvalue weighted by molar-refractivity contribution is 5.76. The molecule has 0 bridgehead atoms. The first kappa shape index (κ1) is 15.8. The summed E-state index contributed by atoms with van der Waals surface area (Å²) in [6.07, 6.45) is 10.5. The zero-order valence-electron chi connectivity index (χ0n) is 13.6. The molecule has 23 heavy (non-hydrogen) atoms. The summed E-state index contributed by atoms with van der Waals surface area (Å²) in [7, 11) is 0. The van der Waals surface area contributed by atoms with Crippen molar-refractivity contribution in [3.63, 3.8) is 0 Å². The minimum atomic E-state index is 0.214. The molecule has 2 aromatic rings. The van der Waals surface area contributed by atoms with E-state index in [-0.39, 0.29) is 5.91 Å². The maximum Gasteiger partial charge on any atom is 0.220 e. The number of imidazole rings is 1. The average Bonchev–Trinajstić information content (AvgIpc) is 3.24. The first-order valence-electron chi connectivity index (χ1n) is 8.66. The number of benzene rings is 1. The number of aryl methyl sites for hydroxylation is 1. The number of hydrogen-bond acceptors (Lipinski definition) is 2. The molecule has 0 aliphatic heterocycles. The highest BCUT2D eigenvalue weighted by atomic mass is 16.1. The molecule has 1 amide bonds. The number of nitrogens with one attached hydrogen (secondary N) is 1. The number of aromatic nitrogens is 2. The van der Waals surface area contributed by atoms with Crippen LogP contribution in [0.15, 0.2) is 42.7 Å². The van der Waals surface area contributed by atoms with Crippen molar-refractivity contribution in [1.82, 2.24) is 14.9 Å². The Balaban J connectivity index is 1.43. The molecule has 4 heteroatoms. The van der Waals surface area contributed by atoms with Crippen LogP contribution in [0.3, 0.4) is 0 Å². The smallest absolute Gasteiger partial charge is 0.220 e. The molecule has 0 atom stereocenters. The van der Waals surface area contributed by atoms with Gasteiger partial charge in [0.25, 0.3) is 0 Å². The van der Waals surface area contributed by atoms with Crippen molar-refractivity contribution >= 4 is 5.91 Å². The molecule has 1 aliphatic rings. The lowest BCUT2D eigenvalue weighted by Gasteiger charge is -2.11. The summed E-state index contributed by atoms with van der Waals surface area (Å²) in [5, 5.41) is 3.06. The van der Waals surface area contributed by atoms with Gasteiger partial charge in [0.15, 0.2) is 0 Å². The predicted octanol–water partition coefficient (Wildman–Crippen LogP) is 3.64. The van der Waals surface area contributed by atoms with E-state index in [0.29, 0.717) is 12.3 Å². The summed E-state index contributed by atoms with van der Waals surface area (Å²) >= 11 is 0. The van der Waals surface area contributed by atoms with Crippen LogP contribution in [0.1, 0.15) is 38.5 Å². The summed E-state index contributed by atoms with van der Waals surface area (Å²) in [4.78, 5) is 16.4. The molecule has 1 aliphatic carbocycles. The summed E-state index contributed by atoms with van der Waals surface area (Å²) in [6.45, 7) is 1.60. The van der Waals surface area contributed by atoms with Gasteiger partial charge < -0.3 is 9.88 Å². The van der Waals surface area contributed by atoms with Crippen LogP contribution in [0.2, 0.25) is 0 Å². The summed E-state index contributed by atoms with van der Waals surface area (Å²) in [5.74, 6) is 1.82. The number of amides is 1. The Bertz CT molecular complexity index is 615. The number of carbonyl (C=O) groups is 1. The predicted molar refractivity (Wildman–Crippen MR) is 91.9 cm³/mol. The number of nitrogens with zero attached hydrogens (tertiary/aromatic N) is 2. The van der Waals surface area contributed by atoms with Crippen molar-refractivity contribution in [3.8, 4) is 11.4 Å². The highest BCUT2D eigenvalue weighted by Crippen LogP contribution is 2.27. The largest absolute Gasteiger partial charge is 0.356 e. The molecule has 0 radical (unpaired) electrons. The maximum atomic E-state index is 11.9. The van der Waals surface area contributed by atoms with Crippen LogP contribution in [-0.2, 0) is 11.3 Å².